The third-order valence-corrected chi connectivity index (χ3v) is 5.89. The van der Waals surface area contributed by atoms with Gasteiger partial charge in [0, 0.05) is 32.7 Å². The van der Waals surface area contributed by atoms with Crippen LogP contribution in [0.3, 0.4) is 0 Å². The highest BCUT2D eigenvalue weighted by molar-refractivity contribution is 6.23. The maximum atomic E-state index is 13.3. The van der Waals surface area contributed by atoms with E-state index in [4.69, 9.17) is 4.74 Å². The van der Waals surface area contributed by atoms with Crippen molar-refractivity contribution in [2.24, 2.45) is 5.41 Å². The van der Waals surface area contributed by atoms with E-state index in [-0.39, 0.29) is 23.8 Å². The number of anilines is 1. The summed E-state index contributed by atoms with van der Waals surface area (Å²) in [6.07, 6.45) is 0. The Morgan fingerprint density at radius 1 is 0.903 bits per heavy atom. The highest BCUT2D eigenvalue weighted by Gasteiger charge is 2.38. The lowest BCUT2D eigenvalue weighted by atomic mass is 9.95. The van der Waals surface area contributed by atoms with Crippen molar-refractivity contribution in [1.82, 2.24) is 9.80 Å². The Labute approximate surface area is 184 Å². The van der Waals surface area contributed by atoms with Crippen molar-refractivity contribution in [3.8, 4) is 5.75 Å². The number of benzene rings is 2. The molecule has 4 rings (SSSR count). The lowest BCUT2D eigenvalue weighted by Gasteiger charge is -2.39. The van der Waals surface area contributed by atoms with Crippen LogP contribution in [0.5, 0.6) is 5.75 Å². The van der Waals surface area contributed by atoms with Gasteiger partial charge in [0.05, 0.1) is 30.5 Å². The molecule has 1 fully saturated rings. The number of hydrogen-bond donors (Lipinski definition) is 0. The highest BCUT2D eigenvalue weighted by Crippen LogP contribution is 2.33. The van der Waals surface area contributed by atoms with E-state index >= 15 is 0 Å². The quantitative estimate of drug-likeness (QED) is 0.690. The maximum Gasteiger partial charge on any atom is 0.263 e. The Kier molecular flexibility index (Phi) is 5.75. The first-order valence-corrected chi connectivity index (χ1v) is 10.9. The van der Waals surface area contributed by atoms with Gasteiger partial charge >= 0.3 is 0 Å². The molecule has 6 heteroatoms. The second-order valence-corrected chi connectivity index (χ2v) is 9.57. The zero-order chi connectivity index (χ0) is 22.2. The number of rotatable bonds is 5. The normalized spacial score (nSPS) is 17.3. The zero-order valence-corrected chi connectivity index (χ0v) is 18.9. The number of carbonyl (C=O) groups excluding carboxylic acids is 2. The SMILES string of the molecule is COc1ccc(CN2C(=O)c3cccc(N4CCN(CC(C)(C)C)CC4)c3C2=O)cc1. The first-order chi connectivity index (χ1) is 14.8. The maximum absolute atomic E-state index is 13.3. The minimum atomic E-state index is -0.218. The van der Waals surface area contributed by atoms with Crippen LogP contribution in [0.2, 0.25) is 0 Å². The van der Waals surface area contributed by atoms with Crippen molar-refractivity contribution < 1.29 is 14.3 Å². The van der Waals surface area contributed by atoms with Gasteiger partial charge in [-0.1, -0.05) is 39.0 Å². The van der Waals surface area contributed by atoms with Crippen molar-refractivity contribution in [3.05, 3.63) is 59.2 Å². The largest absolute Gasteiger partial charge is 0.497 e. The standard InChI is InChI=1S/C25H31N3O3/c1-25(2,3)17-26-12-14-27(15-13-26)21-7-5-6-20-22(21)24(30)28(23(20)29)16-18-8-10-19(31-4)11-9-18/h5-11H,12-17H2,1-4H3. The van der Waals surface area contributed by atoms with Gasteiger partial charge in [-0.3, -0.25) is 19.4 Å². The average Bonchev–Trinajstić information content (AvgIpc) is 2.99. The topological polar surface area (TPSA) is 53.1 Å². The Bertz CT molecular complexity index is 970. The van der Waals surface area contributed by atoms with Gasteiger partial charge in [0.1, 0.15) is 5.75 Å². The smallest absolute Gasteiger partial charge is 0.263 e. The van der Waals surface area contributed by atoms with Crippen molar-refractivity contribution in [3.63, 3.8) is 0 Å². The number of ether oxygens (including phenoxy) is 1. The monoisotopic (exact) mass is 421 g/mol. The van der Waals surface area contributed by atoms with E-state index in [0.717, 1.165) is 49.7 Å². The lowest BCUT2D eigenvalue weighted by Crippen LogP contribution is -2.49. The predicted molar refractivity (Wildman–Crippen MR) is 122 cm³/mol. The molecule has 2 aromatic carbocycles. The molecule has 2 aliphatic rings. The van der Waals surface area contributed by atoms with Gasteiger partial charge in [-0.2, -0.15) is 0 Å². The molecule has 0 radical (unpaired) electrons. The van der Waals surface area contributed by atoms with Gasteiger partial charge in [0.25, 0.3) is 11.8 Å². The number of piperazine rings is 1. The molecule has 0 N–H and O–H groups in total. The van der Waals surface area contributed by atoms with Crippen LogP contribution in [-0.2, 0) is 6.54 Å². The number of imide groups is 1. The van der Waals surface area contributed by atoms with Crippen LogP contribution in [0.1, 0.15) is 47.1 Å². The Morgan fingerprint density at radius 2 is 1.58 bits per heavy atom. The summed E-state index contributed by atoms with van der Waals surface area (Å²) >= 11 is 0. The lowest BCUT2D eigenvalue weighted by molar-refractivity contribution is 0.0642. The molecule has 0 atom stereocenters. The number of fused-ring (bicyclic) bond motifs is 1. The molecule has 0 spiro atoms. The van der Waals surface area contributed by atoms with Crippen LogP contribution in [0.4, 0.5) is 5.69 Å². The Hall–Kier alpha value is -2.86. The van der Waals surface area contributed by atoms with Crippen LogP contribution < -0.4 is 9.64 Å². The fourth-order valence-corrected chi connectivity index (χ4v) is 4.45. The van der Waals surface area contributed by atoms with Crippen molar-refractivity contribution in [2.75, 3.05) is 44.7 Å². The first-order valence-electron chi connectivity index (χ1n) is 10.9. The summed E-state index contributed by atoms with van der Waals surface area (Å²) < 4.78 is 5.19. The van der Waals surface area contributed by atoms with Gasteiger partial charge in [0.2, 0.25) is 0 Å². The number of nitrogens with zero attached hydrogens (tertiary/aromatic N) is 3. The summed E-state index contributed by atoms with van der Waals surface area (Å²) in [5.41, 5.74) is 3.09. The fraction of sp³-hybridized carbons (Fsp3) is 0.440. The molecule has 6 nitrogen and oxygen atoms in total. The summed E-state index contributed by atoms with van der Waals surface area (Å²) in [4.78, 5) is 32.4. The third-order valence-electron chi connectivity index (χ3n) is 5.89. The molecule has 0 aliphatic carbocycles. The van der Waals surface area contributed by atoms with E-state index in [0.29, 0.717) is 11.1 Å². The molecule has 1 saturated heterocycles. The third kappa shape index (κ3) is 4.44. The average molecular weight is 422 g/mol. The summed E-state index contributed by atoms with van der Waals surface area (Å²) in [6.45, 7) is 11.7. The van der Waals surface area contributed by atoms with Crippen LogP contribution in [0, 0.1) is 5.41 Å². The number of hydrogen-bond acceptors (Lipinski definition) is 5. The molecule has 164 valence electrons. The summed E-state index contributed by atoms with van der Waals surface area (Å²) in [5.74, 6) is 0.326. The molecule has 0 unspecified atom stereocenters. The minimum Gasteiger partial charge on any atom is -0.497 e. The second kappa shape index (κ2) is 8.35. The van der Waals surface area contributed by atoms with Gasteiger partial charge in [-0.05, 0) is 35.2 Å². The van der Waals surface area contributed by atoms with Crippen LogP contribution in [0.25, 0.3) is 0 Å². The molecule has 2 heterocycles. The van der Waals surface area contributed by atoms with E-state index < -0.39 is 0 Å². The van der Waals surface area contributed by atoms with Crippen molar-refractivity contribution in [1.29, 1.82) is 0 Å². The molecule has 0 bridgehead atoms. The Balaban J connectivity index is 1.51. The van der Waals surface area contributed by atoms with Crippen molar-refractivity contribution in [2.45, 2.75) is 27.3 Å². The summed E-state index contributed by atoms with van der Waals surface area (Å²) in [5, 5.41) is 0. The summed E-state index contributed by atoms with van der Waals surface area (Å²) in [7, 11) is 1.61. The zero-order valence-electron chi connectivity index (χ0n) is 18.9. The minimum absolute atomic E-state index is 0.205. The molecule has 0 saturated carbocycles. The highest BCUT2D eigenvalue weighted by atomic mass is 16.5. The number of methoxy groups -OCH3 is 1. The van der Waals surface area contributed by atoms with Crippen molar-refractivity contribution >= 4 is 17.5 Å². The number of carbonyl (C=O) groups is 2. The second-order valence-electron chi connectivity index (χ2n) is 9.57. The van der Waals surface area contributed by atoms with E-state index in [1.807, 2.05) is 36.4 Å². The summed E-state index contributed by atoms with van der Waals surface area (Å²) in [6, 6.07) is 13.1. The molecular formula is C25H31N3O3. The molecular weight excluding hydrogens is 390 g/mol. The van der Waals surface area contributed by atoms with Gasteiger partial charge < -0.3 is 9.64 Å². The molecule has 2 aliphatic heterocycles. The molecule has 2 aromatic rings. The fourth-order valence-electron chi connectivity index (χ4n) is 4.45. The van der Waals surface area contributed by atoms with E-state index in [9.17, 15) is 9.59 Å². The van der Waals surface area contributed by atoms with Crippen LogP contribution in [0.15, 0.2) is 42.5 Å². The van der Waals surface area contributed by atoms with E-state index in [1.165, 1.54) is 4.90 Å². The molecule has 2 amide bonds. The van der Waals surface area contributed by atoms with Gasteiger partial charge in [0.15, 0.2) is 0 Å². The van der Waals surface area contributed by atoms with Crippen LogP contribution in [-0.4, -0.2) is 61.4 Å². The van der Waals surface area contributed by atoms with E-state index in [1.54, 1.807) is 13.2 Å². The Morgan fingerprint density at radius 3 is 2.19 bits per heavy atom. The van der Waals surface area contributed by atoms with Gasteiger partial charge in [-0.25, -0.2) is 0 Å². The van der Waals surface area contributed by atoms with Gasteiger partial charge in [-0.15, -0.1) is 0 Å². The first kappa shape index (κ1) is 21.4. The van der Waals surface area contributed by atoms with E-state index in [2.05, 4.69) is 30.6 Å². The number of amides is 2. The molecule has 31 heavy (non-hydrogen) atoms. The van der Waals surface area contributed by atoms with Crippen LogP contribution >= 0.6 is 0 Å². The molecule has 0 aromatic heterocycles. The predicted octanol–water partition coefficient (Wildman–Crippen LogP) is 3.66.